The Labute approximate surface area is 72.0 Å². The van der Waals surface area contributed by atoms with Crippen molar-refractivity contribution in [3.05, 3.63) is 12.2 Å². The van der Waals surface area contributed by atoms with Gasteiger partial charge in [0.15, 0.2) is 0 Å². The zero-order chi connectivity index (χ0) is 8.97. The van der Waals surface area contributed by atoms with Crippen LogP contribution in [0.4, 0.5) is 0 Å². The Kier molecular flexibility index (Phi) is 3.25. The first-order valence-corrected chi connectivity index (χ1v) is 3.99. The molecule has 0 aromatic heterocycles. The van der Waals surface area contributed by atoms with Gasteiger partial charge in [0.25, 0.3) is 0 Å². The molecule has 0 spiro atoms. The van der Waals surface area contributed by atoms with Crippen LogP contribution in [0.5, 0.6) is 0 Å². The van der Waals surface area contributed by atoms with Crippen molar-refractivity contribution < 1.29 is 9.53 Å². The van der Waals surface area contributed by atoms with Crippen LogP contribution in [0.15, 0.2) is 12.2 Å². The molecule has 2 N–H and O–H groups in total. The quantitative estimate of drug-likeness (QED) is 0.556. The lowest BCUT2D eigenvalue weighted by molar-refractivity contribution is -0.122. The Morgan fingerprint density at radius 3 is 3.00 bits per heavy atom. The van der Waals surface area contributed by atoms with Crippen molar-refractivity contribution in [1.82, 2.24) is 10.6 Å². The minimum Gasteiger partial charge on any atom is -0.356 e. The number of hydrogen-bond donors (Lipinski definition) is 2. The van der Waals surface area contributed by atoms with E-state index in [4.69, 9.17) is 4.74 Å². The first-order chi connectivity index (χ1) is 5.70. The fourth-order valence-electron chi connectivity index (χ4n) is 0.928. The smallest absolute Gasteiger partial charge is 0.248 e. The largest absolute Gasteiger partial charge is 0.356 e. The van der Waals surface area contributed by atoms with E-state index >= 15 is 0 Å². The summed E-state index contributed by atoms with van der Waals surface area (Å²) in [5, 5.41) is 5.80. The van der Waals surface area contributed by atoms with E-state index in [1.165, 1.54) is 0 Å². The van der Waals surface area contributed by atoms with E-state index in [-0.39, 0.29) is 12.1 Å². The monoisotopic (exact) mass is 170 g/mol. The maximum Gasteiger partial charge on any atom is 0.248 e. The van der Waals surface area contributed by atoms with Gasteiger partial charge >= 0.3 is 0 Å². The Morgan fingerprint density at radius 2 is 2.50 bits per heavy atom. The number of ether oxygens (including phenoxy) is 1. The molecule has 1 unspecified atom stereocenters. The van der Waals surface area contributed by atoms with Crippen LogP contribution in [0.25, 0.3) is 0 Å². The summed E-state index contributed by atoms with van der Waals surface area (Å²) >= 11 is 0. The third kappa shape index (κ3) is 2.64. The van der Waals surface area contributed by atoms with Crippen molar-refractivity contribution in [2.75, 3.05) is 19.7 Å². The van der Waals surface area contributed by atoms with Gasteiger partial charge in [-0.3, -0.25) is 4.79 Å². The Bertz CT molecular complexity index is 185. The van der Waals surface area contributed by atoms with Crippen LogP contribution in [-0.2, 0) is 9.53 Å². The fraction of sp³-hybridized carbons (Fsp3) is 0.625. The fourth-order valence-corrected chi connectivity index (χ4v) is 0.928. The van der Waals surface area contributed by atoms with Crippen LogP contribution in [-0.4, -0.2) is 31.8 Å². The first-order valence-electron chi connectivity index (χ1n) is 3.99. The highest BCUT2D eigenvalue weighted by molar-refractivity contribution is 5.92. The summed E-state index contributed by atoms with van der Waals surface area (Å²) in [6.45, 7) is 7.36. The third-order valence-corrected chi connectivity index (χ3v) is 1.61. The highest BCUT2D eigenvalue weighted by atomic mass is 16.5. The van der Waals surface area contributed by atoms with Gasteiger partial charge in [-0.1, -0.05) is 6.58 Å². The molecule has 0 aliphatic carbocycles. The third-order valence-electron chi connectivity index (χ3n) is 1.61. The van der Waals surface area contributed by atoms with E-state index in [1.807, 2.05) is 0 Å². The lowest BCUT2D eigenvalue weighted by Gasteiger charge is -2.24. The van der Waals surface area contributed by atoms with Gasteiger partial charge in [0.1, 0.15) is 6.23 Å². The second-order valence-electron chi connectivity index (χ2n) is 2.82. The van der Waals surface area contributed by atoms with Crippen LogP contribution in [0.3, 0.4) is 0 Å². The molecule has 0 radical (unpaired) electrons. The minimum atomic E-state index is -0.206. The molecule has 4 nitrogen and oxygen atoms in total. The molecule has 1 fully saturated rings. The zero-order valence-electron chi connectivity index (χ0n) is 7.22. The summed E-state index contributed by atoms with van der Waals surface area (Å²) in [7, 11) is 0. The number of carbonyl (C=O) groups is 1. The summed E-state index contributed by atoms with van der Waals surface area (Å²) in [6, 6.07) is 0. The molecule has 12 heavy (non-hydrogen) atoms. The Morgan fingerprint density at radius 1 is 1.75 bits per heavy atom. The number of rotatable bonds is 2. The van der Waals surface area contributed by atoms with Crippen LogP contribution < -0.4 is 10.6 Å². The van der Waals surface area contributed by atoms with Crippen LogP contribution >= 0.6 is 0 Å². The van der Waals surface area contributed by atoms with Gasteiger partial charge in [-0.15, -0.1) is 0 Å². The molecule has 68 valence electrons. The molecule has 0 aromatic carbocycles. The number of morpholine rings is 1. The van der Waals surface area contributed by atoms with Gasteiger partial charge in [0, 0.05) is 18.7 Å². The van der Waals surface area contributed by atoms with Gasteiger partial charge < -0.3 is 15.4 Å². The highest BCUT2D eigenvalue weighted by Gasteiger charge is 2.15. The van der Waals surface area contributed by atoms with Gasteiger partial charge in [0.2, 0.25) is 5.91 Å². The van der Waals surface area contributed by atoms with Gasteiger partial charge in [-0.25, -0.2) is 0 Å². The molecule has 1 rings (SSSR count). The van der Waals surface area contributed by atoms with Gasteiger partial charge in [-0.05, 0) is 6.92 Å². The summed E-state index contributed by atoms with van der Waals surface area (Å²) in [5.41, 5.74) is 0.504. The van der Waals surface area contributed by atoms with E-state index < -0.39 is 0 Å². The molecular formula is C8H14N2O2. The van der Waals surface area contributed by atoms with Crippen LogP contribution in [0, 0.1) is 0 Å². The van der Waals surface area contributed by atoms with Gasteiger partial charge in [-0.2, -0.15) is 0 Å². The predicted octanol–water partition coefficient (Wildman–Crippen LogP) is -0.375. The predicted molar refractivity (Wildman–Crippen MR) is 45.6 cm³/mol. The maximum atomic E-state index is 11.1. The lowest BCUT2D eigenvalue weighted by atomic mass is 10.3. The number of carbonyl (C=O) groups excluding carboxylic acids is 1. The molecule has 1 amide bonds. The van der Waals surface area contributed by atoms with E-state index in [9.17, 15) is 4.79 Å². The van der Waals surface area contributed by atoms with Crippen molar-refractivity contribution in [2.45, 2.75) is 13.2 Å². The van der Waals surface area contributed by atoms with E-state index in [0.717, 1.165) is 6.54 Å². The molecule has 0 aromatic rings. The molecule has 1 aliphatic rings. The molecule has 1 saturated heterocycles. The Balaban J connectivity index is 2.29. The van der Waals surface area contributed by atoms with Crippen molar-refractivity contribution in [3.63, 3.8) is 0 Å². The average Bonchev–Trinajstić information content (AvgIpc) is 2.06. The molecular weight excluding hydrogens is 156 g/mol. The van der Waals surface area contributed by atoms with Crippen molar-refractivity contribution in [1.29, 1.82) is 0 Å². The van der Waals surface area contributed by atoms with Crippen molar-refractivity contribution >= 4 is 5.91 Å². The van der Waals surface area contributed by atoms with E-state index in [2.05, 4.69) is 17.2 Å². The molecule has 1 aliphatic heterocycles. The molecule has 1 atom stereocenters. The number of amides is 1. The van der Waals surface area contributed by atoms with Crippen LogP contribution in [0.1, 0.15) is 6.92 Å². The summed E-state index contributed by atoms with van der Waals surface area (Å²) in [4.78, 5) is 11.1. The first kappa shape index (κ1) is 9.22. The SMILES string of the molecule is C=C(C)C(=O)NC1CNCCO1. The van der Waals surface area contributed by atoms with E-state index in [0.29, 0.717) is 18.7 Å². The molecule has 4 heteroatoms. The molecule has 1 heterocycles. The van der Waals surface area contributed by atoms with Crippen LogP contribution in [0.2, 0.25) is 0 Å². The average molecular weight is 170 g/mol. The summed E-state index contributed by atoms with van der Waals surface area (Å²) in [6.07, 6.45) is -0.206. The summed E-state index contributed by atoms with van der Waals surface area (Å²) in [5.74, 6) is -0.149. The van der Waals surface area contributed by atoms with Crippen molar-refractivity contribution in [3.8, 4) is 0 Å². The second kappa shape index (κ2) is 4.23. The standard InChI is InChI=1S/C8H14N2O2/c1-6(2)8(11)10-7-5-9-3-4-12-7/h7,9H,1,3-5H2,2H3,(H,10,11). The number of nitrogens with one attached hydrogen (secondary N) is 2. The minimum absolute atomic E-state index is 0.149. The topological polar surface area (TPSA) is 50.4 Å². The van der Waals surface area contributed by atoms with Crippen molar-refractivity contribution in [2.24, 2.45) is 0 Å². The highest BCUT2D eigenvalue weighted by Crippen LogP contribution is 1.94. The number of hydrogen-bond acceptors (Lipinski definition) is 3. The second-order valence-corrected chi connectivity index (χ2v) is 2.82. The van der Waals surface area contributed by atoms with E-state index in [1.54, 1.807) is 6.92 Å². The molecule has 0 bridgehead atoms. The van der Waals surface area contributed by atoms with Gasteiger partial charge in [0.05, 0.1) is 6.61 Å². The summed E-state index contributed by atoms with van der Waals surface area (Å²) < 4.78 is 5.26. The normalized spacial score (nSPS) is 23.2. The molecule has 0 saturated carbocycles. The zero-order valence-corrected chi connectivity index (χ0v) is 7.22. The maximum absolute atomic E-state index is 11.1. The Hall–Kier alpha value is -0.870. The lowest BCUT2D eigenvalue weighted by Crippen LogP contribution is -2.49.